The second-order valence-corrected chi connectivity index (χ2v) is 2.98. The maximum absolute atomic E-state index is 5.85. The summed E-state index contributed by atoms with van der Waals surface area (Å²) in [7, 11) is 0. The molecule has 59 valence electrons. The van der Waals surface area contributed by atoms with Crippen molar-refractivity contribution in [1.82, 2.24) is 0 Å². The van der Waals surface area contributed by atoms with Gasteiger partial charge in [0.25, 0.3) is 0 Å². The standard InChI is InChI=1S/C10H14N/c1-8(2)10(11)9-6-4-3-5-7-9/h3-8H,11H2,1-2H3. The first-order valence-electron chi connectivity index (χ1n) is 3.89. The lowest BCUT2D eigenvalue weighted by Gasteiger charge is -2.13. The highest BCUT2D eigenvalue weighted by Crippen LogP contribution is 2.16. The van der Waals surface area contributed by atoms with E-state index in [1.54, 1.807) is 0 Å². The SMILES string of the molecule is CC(C)[C](N)c1ccccc1. The summed E-state index contributed by atoms with van der Waals surface area (Å²) < 4.78 is 0. The molecule has 1 aromatic carbocycles. The number of nitrogens with two attached hydrogens (primary N) is 1. The van der Waals surface area contributed by atoms with E-state index in [9.17, 15) is 0 Å². The van der Waals surface area contributed by atoms with Crippen LogP contribution < -0.4 is 5.73 Å². The van der Waals surface area contributed by atoms with Crippen LogP contribution in [0.25, 0.3) is 0 Å². The third kappa shape index (κ3) is 2.05. The minimum absolute atomic E-state index is 0.428. The highest BCUT2D eigenvalue weighted by Gasteiger charge is 2.09. The van der Waals surface area contributed by atoms with Crippen LogP contribution in [0.5, 0.6) is 0 Å². The lowest BCUT2D eigenvalue weighted by molar-refractivity contribution is 0.674. The van der Waals surface area contributed by atoms with E-state index in [0.717, 1.165) is 11.6 Å². The van der Waals surface area contributed by atoms with Crippen LogP contribution in [0.3, 0.4) is 0 Å². The monoisotopic (exact) mass is 148 g/mol. The maximum Gasteiger partial charge on any atom is 0.0660 e. The molecule has 1 nitrogen and oxygen atoms in total. The summed E-state index contributed by atoms with van der Waals surface area (Å²) in [6.07, 6.45) is 0. The molecule has 0 saturated heterocycles. The van der Waals surface area contributed by atoms with Gasteiger partial charge in [0.15, 0.2) is 0 Å². The largest absolute Gasteiger partial charge is 0.319 e. The lowest BCUT2D eigenvalue weighted by Crippen LogP contribution is -2.17. The van der Waals surface area contributed by atoms with E-state index in [4.69, 9.17) is 5.73 Å². The van der Waals surface area contributed by atoms with Gasteiger partial charge in [-0.15, -0.1) is 0 Å². The molecule has 0 unspecified atom stereocenters. The second kappa shape index (κ2) is 3.54. The van der Waals surface area contributed by atoms with Crippen LogP contribution in [-0.2, 0) is 0 Å². The van der Waals surface area contributed by atoms with E-state index >= 15 is 0 Å². The van der Waals surface area contributed by atoms with Crippen molar-refractivity contribution in [3.05, 3.63) is 41.9 Å². The smallest absolute Gasteiger partial charge is 0.0660 e. The fraction of sp³-hybridized carbons (Fsp3) is 0.300. The van der Waals surface area contributed by atoms with Gasteiger partial charge in [-0.3, -0.25) is 0 Å². The zero-order valence-electron chi connectivity index (χ0n) is 7.04. The van der Waals surface area contributed by atoms with Crippen LogP contribution in [0.15, 0.2) is 30.3 Å². The predicted octanol–water partition coefficient (Wildman–Crippen LogP) is 2.18. The van der Waals surface area contributed by atoms with E-state index in [2.05, 4.69) is 13.8 Å². The van der Waals surface area contributed by atoms with Gasteiger partial charge in [-0.2, -0.15) is 0 Å². The average molecular weight is 148 g/mol. The minimum Gasteiger partial charge on any atom is -0.319 e. The molecule has 0 aromatic heterocycles. The van der Waals surface area contributed by atoms with Crippen LogP contribution >= 0.6 is 0 Å². The molecular weight excluding hydrogens is 134 g/mol. The van der Waals surface area contributed by atoms with E-state index in [-0.39, 0.29) is 0 Å². The van der Waals surface area contributed by atoms with Crippen LogP contribution in [0.2, 0.25) is 0 Å². The van der Waals surface area contributed by atoms with Gasteiger partial charge in [-0.1, -0.05) is 44.2 Å². The Morgan fingerprint density at radius 2 is 1.73 bits per heavy atom. The summed E-state index contributed by atoms with van der Waals surface area (Å²) in [5.74, 6) is 0.428. The Bertz CT molecular complexity index is 203. The van der Waals surface area contributed by atoms with Gasteiger partial charge in [0.2, 0.25) is 0 Å². The van der Waals surface area contributed by atoms with Gasteiger partial charge in [-0.25, -0.2) is 0 Å². The molecule has 1 heteroatoms. The average Bonchev–Trinajstić information content (AvgIpc) is 2.05. The van der Waals surface area contributed by atoms with E-state index in [1.807, 2.05) is 30.3 Å². The van der Waals surface area contributed by atoms with E-state index in [0.29, 0.717) is 5.92 Å². The Morgan fingerprint density at radius 1 is 1.18 bits per heavy atom. The number of rotatable bonds is 2. The molecule has 0 heterocycles. The molecule has 0 aliphatic heterocycles. The highest BCUT2D eigenvalue weighted by molar-refractivity contribution is 5.28. The van der Waals surface area contributed by atoms with Crippen molar-refractivity contribution in [3.8, 4) is 0 Å². The molecule has 0 amide bonds. The summed E-state index contributed by atoms with van der Waals surface area (Å²) in [4.78, 5) is 0. The van der Waals surface area contributed by atoms with Crippen molar-refractivity contribution in [1.29, 1.82) is 0 Å². The summed E-state index contributed by atoms with van der Waals surface area (Å²) in [5, 5.41) is 0. The third-order valence-corrected chi connectivity index (χ3v) is 1.73. The molecule has 0 atom stereocenters. The number of benzene rings is 1. The Balaban J connectivity index is 2.77. The van der Waals surface area contributed by atoms with Crippen LogP contribution in [-0.4, -0.2) is 0 Å². The van der Waals surface area contributed by atoms with Crippen LogP contribution in [0.1, 0.15) is 19.4 Å². The van der Waals surface area contributed by atoms with Gasteiger partial charge in [0.1, 0.15) is 0 Å². The molecule has 1 rings (SSSR count). The van der Waals surface area contributed by atoms with Crippen molar-refractivity contribution in [2.45, 2.75) is 13.8 Å². The molecule has 2 N–H and O–H groups in total. The summed E-state index contributed by atoms with van der Waals surface area (Å²) in [5.41, 5.74) is 7.00. The van der Waals surface area contributed by atoms with Gasteiger partial charge in [0, 0.05) is 0 Å². The Hall–Kier alpha value is -0.820. The van der Waals surface area contributed by atoms with Crippen molar-refractivity contribution >= 4 is 0 Å². The Labute approximate surface area is 68.2 Å². The Kier molecular flexibility index (Phi) is 2.66. The van der Waals surface area contributed by atoms with Gasteiger partial charge >= 0.3 is 0 Å². The molecule has 0 aliphatic carbocycles. The third-order valence-electron chi connectivity index (χ3n) is 1.73. The van der Waals surface area contributed by atoms with Crippen molar-refractivity contribution in [2.75, 3.05) is 0 Å². The summed E-state index contributed by atoms with van der Waals surface area (Å²) in [6, 6.07) is 11.0. The van der Waals surface area contributed by atoms with Gasteiger partial charge < -0.3 is 5.73 Å². The number of hydrogen-bond donors (Lipinski definition) is 1. The molecule has 0 fully saturated rings. The van der Waals surface area contributed by atoms with Gasteiger partial charge in [-0.05, 0) is 11.5 Å². The normalized spacial score (nSPS) is 11.0. The van der Waals surface area contributed by atoms with Crippen molar-refractivity contribution in [3.63, 3.8) is 0 Å². The molecule has 0 aliphatic rings. The molecule has 11 heavy (non-hydrogen) atoms. The Morgan fingerprint density at radius 3 is 2.18 bits per heavy atom. The fourth-order valence-electron chi connectivity index (χ4n) is 0.964. The predicted molar refractivity (Wildman–Crippen MR) is 47.8 cm³/mol. The topological polar surface area (TPSA) is 26.0 Å². The second-order valence-electron chi connectivity index (χ2n) is 2.98. The van der Waals surface area contributed by atoms with Crippen LogP contribution in [0.4, 0.5) is 0 Å². The quantitative estimate of drug-likeness (QED) is 0.683. The molecule has 1 radical (unpaired) electrons. The molecule has 0 bridgehead atoms. The highest BCUT2D eigenvalue weighted by atomic mass is 14.6. The van der Waals surface area contributed by atoms with Gasteiger partial charge in [0.05, 0.1) is 6.04 Å². The molecule has 0 spiro atoms. The lowest BCUT2D eigenvalue weighted by atomic mass is 9.97. The van der Waals surface area contributed by atoms with E-state index < -0.39 is 0 Å². The first-order chi connectivity index (χ1) is 5.22. The van der Waals surface area contributed by atoms with Crippen molar-refractivity contribution in [2.24, 2.45) is 11.7 Å². The molecule has 1 aromatic rings. The molecular formula is C10H14N. The fourth-order valence-corrected chi connectivity index (χ4v) is 0.964. The zero-order valence-corrected chi connectivity index (χ0v) is 7.04. The summed E-state index contributed by atoms with van der Waals surface area (Å²) >= 11 is 0. The zero-order chi connectivity index (χ0) is 8.27. The maximum atomic E-state index is 5.85. The first kappa shape index (κ1) is 8.28. The summed E-state index contributed by atoms with van der Waals surface area (Å²) in [6.45, 7) is 4.20. The first-order valence-corrected chi connectivity index (χ1v) is 3.89. The van der Waals surface area contributed by atoms with Crippen LogP contribution in [0, 0.1) is 12.0 Å². The molecule has 0 saturated carbocycles. The van der Waals surface area contributed by atoms with E-state index in [1.165, 1.54) is 0 Å². The minimum atomic E-state index is 0.428. The number of hydrogen-bond acceptors (Lipinski definition) is 1. The van der Waals surface area contributed by atoms with Crippen molar-refractivity contribution < 1.29 is 0 Å².